The van der Waals surface area contributed by atoms with E-state index in [0.29, 0.717) is 6.54 Å². The Morgan fingerprint density at radius 1 is 0.848 bits per heavy atom. The summed E-state index contributed by atoms with van der Waals surface area (Å²) in [5.74, 6) is 0.976. The van der Waals surface area contributed by atoms with Crippen LogP contribution in [0.2, 0.25) is 0 Å². The summed E-state index contributed by atoms with van der Waals surface area (Å²) >= 11 is 1.83. The summed E-state index contributed by atoms with van der Waals surface area (Å²) < 4.78 is 5.20. The van der Waals surface area contributed by atoms with Gasteiger partial charge in [-0.2, -0.15) is 0 Å². The van der Waals surface area contributed by atoms with Crippen molar-refractivity contribution in [3.8, 4) is 0 Å². The minimum Gasteiger partial charge on any atom is -0.444 e. The maximum absolute atomic E-state index is 11.5. The number of benzene rings is 3. The van der Waals surface area contributed by atoms with E-state index in [1.54, 1.807) is 0 Å². The van der Waals surface area contributed by atoms with E-state index in [1.807, 2.05) is 56.8 Å². The van der Waals surface area contributed by atoms with Gasteiger partial charge in [-0.25, -0.2) is 4.79 Å². The van der Waals surface area contributed by atoms with Gasteiger partial charge in [-0.15, -0.1) is 11.8 Å². The first kappa shape index (κ1) is 26.3. The maximum atomic E-state index is 11.5. The molecule has 0 heterocycles. The van der Waals surface area contributed by atoms with Crippen LogP contribution in [0.15, 0.2) is 89.8 Å². The van der Waals surface area contributed by atoms with Crippen molar-refractivity contribution >= 4 is 23.5 Å². The lowest BCUT2D eigenvalue weighted by Gasteiger charge is -2.19. The van der Waals surface area contributed by atoms with E-state index in [-0.39, 0.29) is 6.09 Å². The number of nitrogens with one attached hydrogen (secondary N) is 2. The zero-order valence-corrected chi connectivity index (χ0v) is 21.0. The number of thioether (sulfide) groups is 1. The van der Waals surface area contributed by atoms with E-state index in [1.165, 1.54) is 16.0 Å². The first-order chi connectivity index (χ1) is 15.8. The molecule has 0 aliphatic rings. The van der Waals surface area contributed by atoms with Gasteiger partial charge in [0, 0.05) is 29.4 Å². The summed E-state index contributed by atoms with van der Waals surface area (Å²) in [5.41, 5.74) is 3.29. The van der Waals surface area contributed by atoms with Crippen molar-refractivity contribution < 1.29 is 9.53 Å². The predicted octanol–water partition coefficient (Wildman–Crippen LogP) is 7.30. The van der Waals surface area contributed by atoms with Crippen molar-refractivity contribution in [2.45, 2.75) is 50.4 Å². The first-order valence-corrected chi connectivity index (χ1v) is 12.3. The molecule has 0 unspecified atom stereocenters. The van der Waals surface area contributed by atoms with Crippen LogP contribution in [0.5, 0.6) is 0 Å². The summed E-state index contributed by atoms with van der Waals surface area (Å²) in [4.78, 5) is 12.8. The fourth-order valence-corrected chi connectivity index (χ4v) is 3.62. The van der Waals surface area contributed by atoms with Gasteiger partial charge in [0.15, 0.2) is 0 Å². The Hall–Kier alpha value is -2.92. The highest BCUT2D eigenvalue weighted by Gasteiger charge is 2.15. The molecule has 5 heteroatoms. The molecule has 0 atom stereocenters. The highest BCUT2D eigenvalue weighted by molar-refractivity contribution is 7.98. The molecule has 0 fully saturated rings. The lowest BCUT2D eigenvalue weighted by Crippen LogP contribution is -2.33. The second-order valence-electron chi connectivity index (χ2n) is 8.66. The van der Waals surface area contributed by atoms with E-state index in [0.717, 1.165) is 24.4 Å². The van der Waals surface area contributed by atoms with Crippen LogP contribution in [-0.2, 0) is 10.5 Å². The van der Waals surface area contributed by atoms with Gasteiger partial charge in [-0.05, 0) is 63.9 Å². The molecule has 0 radical (unpaired) electrons. The lowest BCUT2D eigenvalue weighted by atomic mass is 10.2. The molecular weight excluding hydrogens is 428 g/mol. The number of rotatable bonds is 8. The minimum atomic E-state index is -0.456. The zero-order chi connectivity index (χ0) is 23.9. The molecular formula is C28H36N2O2S. The summed E-state index contributed by atoms with van der Waals surface area (Å²) in [6.07, 6.45) is 0.473. The molecule has 0 aromatic heterocycles. The number of carbonyl (C=O) groups is 1. The fraction of sp³-hybridized carbons (Fsp3) is 0.321. The van der Waals surface area contributed by atoms with Gasteiger partial charge < -0.3 is 15.4 Å². The summed E-state index contributed by atoms with van der Waals surface area (Å²) in [7, 11) is 0. The Morgan fingerprint density at radius 3 is 2.00 bits per heavy atom. The average Bonchev–Trinajstić information content (AvgIpc) is 2.79. The number of aryl methyl sites for hydroxylation is 1. The Kier molecular flexibility index (Phi) is 11.4. The van der Waals surface area contributed by atoms with Crippen LogP contribution in [0.1, 0.15) is 38.3 Å². The molecule has 0 saturated heterocycles. The summed E-state index contributed by atoms with van der Waals surface area (Å²) in [6, 6.07) is 29.2. The second-order valence-corrected chi connectivity index (χ2v) is 9.71. The van der Waals surface area contributed by atoms with Gasteiger partial charge in [0.25, 0.3) is 0 Å². The van der Waals surface area contributed by atoms with Gasteiger partial charge in [-0.3, -0.25) is 0 Å². The number of ether oxygens (including phenoxy) is 1. The maximum Gasteiger partial charge on any atom is 0.407 e. The molecule has 33 heavy (non-hydrogen) atoms. The lowest BCUT2D eigenvalue weighted by molar-refractivity contribution is 0.0528. The van der Waals surface area contributed by atoms with Crippen LogP contribution < -0.4 is 10.6 Å². The molecule has 3 rings (SSSR count). The zero-order valence-electron chi connectivity index (χ0n) is 20.1. The van der Waals surface area contributed by atoms with Crippen molar-refractivity contribution in [2.75, 3.05) is 18.4 Å². The largest absolute Gasteiger partial charge is 0.444 e. The monoisotopic (exact) mass is 464 g/mol. The third-order valence-electron chi connectivity index (χ3n) is 4.39. The molecule has 0 aliphatic carbocycles. The molecule has 0 bridgehead atoms. The number of alkyl carbamates (subject to hydrolysis) is 1. The van der Waals surface area contributed by atoms with Gasteiger partial charge in [0.05, 0.1) is 0 Å². The third kappa shape index (κ3) is 12.6. The molecule has 0 aliphatic heterocycles. The average molecular weight is 465 g/mol. The third-order valence-corrected chi connectivity index (χ3v) is 5.48. The van der Waals surface area contributed by atoms with Gasteiger partial charge in [-0.1, -0.05) is 66.2 Å². The molecule has 2 N–H and O–H groups in total. The van der Waals surface area contributed by atoms with Crippen molar-refractivity contribution in [2.24, 2.45) is 0 Å². The van der Waals surface area contributed by atoms with Crippen LogP contribution in [0.25, 0.3) is 0 Å². The van der Waals surface area contributed by atoms with Crippen molar-refractivity contribution in [3.05, 3.63) is 96.1 Å². The SMILES string of the molecule is CC(C)(C)OC(=O)NCCCNc1ccc(SCc2ccccc2)cc1.Cc1ccccc1. The molecule has 3 aromatic carbocycles. The number of hydrogen-bond donors (Lipinski definition) is 2. The van der Waals surface area contributed by atoms with E-state index in [9.17, 15) is 4.79 Å². The standard InChI is InChI=1S/C21H28N2O2S.C7H8/c1-21(2,3)25-20(24)23-15-7-14-22-18-10-12-19(13-11-18)26-16-17-8-5-4-6-9-17;1-7-5-3-2-4-6-7/h4-6,8-13,22H,7,14-16H2,1-3H3,(H,23,24);2-6H,1H3. The van der Waals surface area contributed by atoms with Crippen molar-refractivity contribution in [3.63, 3.8) is 0 Å². The van der Waals surface area contributed by atoms with Crippen LogP contribution in [0.4, 0.5) is 10.5 Å². The van der Waals surface area contributed by atoms with Gasteiger partial charge in [0.1, 0.15) is 5.60 Å². The first-order valence-electron chi connectivity index (χ1n) is 11.3. The molecule has 0 saturated carbocycles. The van der Waals surface area contributed by atoms with Gasteiger partial charge in [0.2, 0.25) is 0 Å². The van der Waals surface area contributed by atoms with E-state index < -0.39 is 5.60 Å². The number of hydrogen-bond acceptors (Lipinski definition) is 4. The van der Waals surface area contributed by atoms with Crippen LogP contribution in [-0.4, -0.2) is 24.8 Å². The Morgan fingerprint density at radius 2 is 1.45 bits per heavy atom. The van der Waals surface area contributed by atoms with Crippen molar-refractivity contribution in [1.29, 1.82) is 0 Å². The van der Waals surface area contributed by atoms with Crippen molar-refractivity contribution in [1.82, 2.24) is 5.32 Å². The summed E-state index contributed by atoms with van der Waals surface area (Å²) in [6.45, 7) is 9.04. The van der Waals surface area contributed by atoms with Crippen LogP contribution in [0, 0.1) is 6.92 Å². The summed E-state index contributed by atoms with van der Waals surface area (Å²) in [5, 5.41) is 6.13. The van der Waals surface area contributed by atoms with E-state index in [2.05, 4.69) is 78.2 Å². The van der Waals surface area contributed by atoms with E-state index >= 15 is 0 Å². The molecule has 1 amide bonds. The normalized spacial score (nSPS) is 10.5. The molecule has 0 spiro atoms. The minimum absolute atomic E-state index is 0.364. The van der Waals surface area contributed by atoms with E-state index in [4.69, 9.17) is 4.74 Å². The Labute approximate surface area is 203 Å². The number of anilines is 1. The smallest absolute Gasteiger partial charge is 0.407 e. The Bertz CT molecular complexity index is 924. The highest BCUT2D eigenvalue weighted by Crippen LogP contribution is 2.24. The number of carbonyl (C=O) groups excluding carboxylic acids is 1. The van der Waals surface area contributed by atoms with Crippen LogP contribution >= 0.6 is 11.8 Å². The highest BCUT2D eigenvalue weighted by atomic mass is 32.2. The molecule has 4 nitrogen and oxygen atoms in total. The predicted molar refractivity (Wildman–Crippen MR) is 141 cm³/mol. The molecule has 3 aromatic rings. The number of amides is 1. The fourth-order valence-electron chi connectivity index (χ4n) is 2.77. The second kappa shape index (κ2) is 14.3. The van der Waals surface area contributed by atoms with Gasteiger partial charge >= 0.3 is 6.09 Å². The van der Waals surface area contributed by atoms with Crippen LogP contribution in [0.3, 0.4) is 0 Å². The molecule has 176 valence electrons. The Balaban J connectivity index is 0.000000468. The topological polar surface area (TPSA) is 50.4 Å². The quantitative estimate of drug-likeness (QED) is 0.271.